The van der Waals surface area contributed by atoms with Gasteiger partial charge in [0.2, 0.25) is 0 Å². The highest BCUT2D eigenvalue weighted by molar-refractivity contribution is 7.15. The predicted molar refractivity (Wildman–Crippen MR) is 62.4 cm³/mol. The number of nitrogens with one attached hydrogen (secondary N) is 1. The van der Waals surface area contributed by atoms with Crippen molar-refractivity contribution in [2.45, 2.75) is 31.4 Å². The molecule has 0 saturated heterocycles. The number of thiazole rings is 1. The van der Waals surface area contributed by atoms with Gasteiger partial charge in [-0.05, 0) is 19.3 Å². The number of hydrogen-bond donors (Lipinski definition) is 1. The van der Waals surface area contributed by atoms with Gasteiger partial charge in [0.25, 0.3) is 0 Å². The number of aromatic nitrogens is 1. The Morgan fingerprint density at radius 2 is 2.47 bits per heavy atom. The SMILES string of the molecule is COC1(CNCc2ncc(Cl)s2)CCC1. The molecule has 2 rings (SSSR count). The standard InChI is InChI=1S/C10H15ClN2OS/c1-14-10(3-2-4-10)7-12-6-9-13-5-8(11)15-9/h5,12H,2-4,6-7H2,1H3. The zero-order valence-electron chi connectivity index (χ0n) is 8.75. The Morgan fingerprint density at radius 1 is 1.67 bits per heavy atom. The van der Waals surface area contributed by atoms with Crippen molar-refractivity contribution in [3.63, 3.8) is 0 Å². The molecule has 1 heterocycles. The predicted octanol–water partition coefficient (Wildman–Crippen LogP) is 2.46. The first-order chi connectivity index (χ1) is 7.24. The Kier molecular flexibility index (Phi) is 3.61. The van der Waals surface area contributed by atoms with Crippen molar-refractivity contribution in [1.82, 2.24) is 10.3 Å². The second-order valence-corrected chi connectivity index (χ2v) is 5.65. The molecule has 0 amide bonds. The molecule has 1 N–H and O–H groups in total. The molecule has 0 bridgehead atoms. The largest absolute Gasteiger partial charge is 0.377 e. The van der Waals surface area contributed by atoms with Crippen LogP contribution in [0.3, 0.4) is 0 Å². The highest BCUT2D eigenvalue weighted by atomic mass is 35.5. The fourth-order valence-corrected chi connectivity index (χ4v) is 2.72. The second kappa shape index (κ2) is 4.78. The van der Waals surface area contributed by atoms with Crippen LogP contribution in [-0.2, 0) is 11.3 Å². The summed E-state index contributed by atoms with van der Waals surface area (Å²) in [5.41, 5.74) is 0.0844. The molecule has 0 atom stereocenters. The van der Waals surface area contributed by atoms with Gasteiger partial charge in [-0.25, -0.2) is 4.98 Å². The lowest BCUT2D eigenvalue weighted by Gasteiger charge is -2.40. The molecule has 1 saturated carbocycles. The summed E-state index contributed by atoms with van der Waals surface area (Å²) in [7, 11) is 1.79. The lowest BCUT2D eigenvalue weighted by atomic mass is 9.80. The minimum atomic E-state index is 0.0844. The molecule has 3 nitrogen and oxygen atoms in total. The van der Waals surface area contributed by atoms with Crippen LogP contribution >= 0.6 is 22.9 Å². The van der Waals surface area contributed by atoms with Gasteiger partial charge in [0.15, 0.2) is 0 Å². The molecule has 0 aromatic carbocycles. The van der Waals surface area contributed by atoms with Crippen molar-refractivity contribution in [3.8, 4) is 0 Å². The highest BCUT2D eigenvalue weighted by Gasteiger charge is 2.36. The Hall–Kier alpha value is -0.160. The number of hydrogen-bond acceptors (Lipinski definition) is 4. The summed E-state index contributed by atoms with van der Waals surface area (Å²) < 4.78 is 6.26. The van der Waals surface area contributed by atoms with E-state index in [1.165, 1.54) is 17.8 Å². The van der Waals surface area contributed by atoms with Crippen LogP contribution in [0.15, 0.2) is 6.20 Å². The van der Waals surface area contributed by atoms with Gasteiger partial charge in [-0.15, -0.1) is 11.3 Å². The van der Waals surface area contributed by atoms with Gasteiger partial charge >= 0.3 is 0 Å². The quantitative estimate of drug-likeness (QED) is 0.867. The molecule has 0 aliphatic heterocycles. The smallest absolute Gasteiger partial charge is 0.113 e. The van der Waals surface area contributed by atoms with Crippen LogP contribution in [-0.4, -0.2) is 24.2 Å². The van der Waals surface area contributed by atoms with E-state index >= 15 is 0 Å². The van der Waals surface area contributed by atoms with Crippen LogP contribution in [0.1, 0.15) is 24.3 Å². The van der Waals surface area contributed by atoms with Crippen LogP contribution in [0.4, 0.5) is 0 Å². The molecule has 0 spiro atoms. The molecule has 0 unspecified atom stereocenters. The van der Waals surface area contributed by atoms with Crippen molar-refractivity contribution in [2.75, 3.05) is 13.7 Å². The molecule has 1 aromatic heterocycles. The van der Waals surface area contributed by atoms with Gasteiger partial charge in [-0.2, -0.15) is 0 Å². The van der Waals surface area contributed by atoms with E-state index in [0.717, 1.165) is 35.3 Å². The molecule has 1 aromatic rings. The number of ether oxygens (including phenoxy) is 1. The maximum absolute atomic E-state index is 5.80. The maximum atomic E-state index is 5.80. The number of methoxy groups -OCH3 is 1. The van der Waals surface area contributed by atoms with Crippen LogP contribution < -0.4 is 5.32 Å². The molecule has 1 aliphatic rings. The topological polar surface area (TPSA) is 34.1 Å². The van der Waals surface area contributed by atoms with E-state index in [9.17, 15) is 0 Å². The van der Waals surface area contributed by atoms with Crippen molar-refractivity contribution in [3.05, 3.63) is 15.5 Å². The minimum absolute atomic E-state index is 0.0844. The molecule has 0 radical (unpaired) electrons. The van der Waals surface area contributed by atoms with E-state index in [0.29, 0.717) is 0 Å². The molecular weight excluding hydrogens is 232 g/mol. The minimum Gasteiger partial charge on any atom is -0.377 e. The average Bonchev–Trinajstić information content (AvgIpc) is 2.56. The molecule has 84 valence electrons. The van der Waals surface area contributed by atoms with Gasteiger partial charge in [0, 0.05) is 20.2 Å². The van der Waals surface area contributed by atoms with Gasteiger partial charge in [-0.1, -0.05) is 11.6 Å². The molecule has 1 aliphatic carbocycles. The first-order valence-corrected chi connectivity index (χ1v) is 6.30. The summed E-state index contributed by atoms with van der Waals surface area (Å²) in [6, 6.07) is 0. The molecular formula is C10H15ClN2OS. The van der Waals surface area contributed by atoms with Crippen LogP contribution in [0.25, 0.3) is 0 Å². The van der Waals surface area contributed by atoms with Gasteiger partial charge < -0.3 is 10.1 Å². The Morgan fingerprint density at radius 3 is 2.93 bits per heavy atom. The van der Waals surface area contributed by atoms with Gasteiger partial charge in [0.1, 0.15) is 9.34 Å². The number of halogens is 1. The fourth-order valence-electron chi connectivity index (χ4n) is 1.79. The number of nitrogens with zero attached hydrogens (tertiary/aromatic N) is 1. The van der Waals surface area contributed by atoms with Crippen LogP contribution in [0.2, 0.25) is 4.34 Å². The fraction of sp³-hybridized carbons (Fsp3) is 0.700. The van der Waals surface area contributed by atoms with Crippen molar-refractivity contribution in [1.29, 1.82) is 0 Å². The zero-order valence-corrected chi connectivity index (χ0v) is 10.3. The van der Waals surface area contributed by atoms with Crippen molar-refractivity contribution >= 4 is 22.9 Å². The van der Waals surface area contributed by atoms with Gasteiger partial charge in [-0.3, -0.25) is 0 Å². The summed E-state index contributed by atoms with van der Waals surface area (Å²) >= 11 is 7.32. The first-order valence-electron chi connectivity index (χ1n) is 5.10. The second-order valence-electron chi connectivity index (χ2n) is 3.90. The average molecular weight is 247 g/mol. The molecule has 5 heteroatoms. The first kappa shape index (κ1) is 11.3. The normalized spacial score (nSPS) is 18.8. The Bertz CT molecular complexity index is 319. The van der Waals surface area contributed by atoms with E-state index in [2.05, 4.69) is 10.3 Å². The third-order valence-electron chi connectivity index (χ3n) is 2.95. The van der Waals surface area contributed by atoms with E-state index in [4.69, 9.17) is 16.3 Å². The number of rotatable bonds is 5. The van der Waals surface area contributed by atoms with Crippen LogP contribution in [0.5, 0.6) is 0 Å². The summed E-state index contributed by atoms with van der Waals surface area (Å²) in [5, 5.41) is 4.41. The lowest BCUT2D eigenvalue weighted by molar-refractivity contribution is -0.0695. The van der Waals surface area contributed by atoms with Crippen molar-refractivity contribution in [2.24, 2.45) is 0 Å². The summed E-state index contributed by atoms with van der Waals surface area (Å²) in [6.45, 7) is 1.68. The van der Waals surface area contributed by atoms with E-state index < -0.39 is 0 Å². The van der Waals surface area contributed by atoms with E-state index in [1.807, 2.05) is 0 Å². The van der Waals surface area contributed by atoms with Gasteiger partial charge in [0.05, 0.1) is 11.8 Å². The Labute approximate surface area is 98.8 Å². The lowest BCUT2D eigenvalue weighted by Crippen LogP contribution is -2.47. The molecule has 15 heavy (non-hydrogen) atoms. The summed E-state index contributed by atoms with van der Waals surface area (Å²) in [5.74, 6) is 0. The third kappa shape index (κ3) is 2.69. The van der Waals surface area contributed by atoms with Crippen LogP contribution in [0, 0.1) is 0 Å². The van der Waals surface area contributed by atoms with E-state index in [1.54, 1.807) is 13.3 Å². The third-order valence-corrected chi connectivity index (χ3v) is 4.06. The summed E-state index contributed by atoms with van der Waals surface area (Å²) in [6.07, 6.45) is 5.29. The van der Waals surface area contributed by atoms with E-state index in [-0.39, 0.29) is 5.60 Å². The molecule has 1 fully saturated rings. The monoisotopic (exact) mass is 246 g/mol. The summed E-state index contributed by atoms with van der Waals surface area (Å²) in [4.78, 5) is 4.19. The zero-order chi connectivity index (χ0) is 10.7. The highest BCUT2D eigenvalue weighted by Crippen LogP contribution is 2.34. The maximum Gasteiger partial charge on any atom is 0.113 e. The van der Waals surface area contributed by atoms with Crippen molar-refractivity contribution < 1.29 is 4.74 Å². The Balaban J connectivity index is 1.74.